The number of nitrogens with one attached hydrogen (secondary N) is 8. The molecule has 1 saturated heterocycles. The molecule has 20 N–H and O–H groups in total. The molecule has 0 aromatic heterocycles. The Kier molecular flexibility index (Phi) is 28.2. The van der Waals surface area contributed by atoms with Crippen molar-refractivity contribution in [3.63, 3.8) is 0 Å². The van der Waals surface area contributed by atoms with Gasteiger partial charge < -0.3 is 90.8 Å². The van der Waals surface area contributed by atoms with Crippen LogP contribution in [0.5, 0.6) is 0 Å². The maximum absolute atomic E-state index is 14.2. The molecular weight excluding hydrogens is 977 g/mol. The summed E-state index contributed by atoms with van der Waals surface area (Å²) in [6.45, 7) is 2.06. The highest BCUT2D eigenvalue weighted by Gasteiger charge is 2.40. The first-order chi connectivity index (χ1) is 33.8. The number of aliphatic hydroxyl groups is 2. The van der Waals surface area contributed by atoms with Crippen LogP contribution in [0, 0.1) is 5.92 Å². The zero-order valence-electron chi connectivity index (χ0n) is 40.5. The van der Waals surface area contributed by atoms with E-state index in [2.05, 4.69) is 47.5 Å². The minimum atomic E-state index is -1.78. The fourth-order valence-electron chi connectivity index (χ4n) is 6.82. The second kappa shape index (κ2) is 32.2. The molecule has 1 aliphatic heterocycles. The van der Waals surface area contributed by atoms with Crippen LogP contribution in [-0.2, 0) is 57.5 Å². The molecule has 0 radical (unpaired) electrons. The summed E-state index contributed by atoms with van der Waals surface area (Å²) in [7, 11) is 0. The average Bonchev–Trinajstić information content (AvgIpc) is 3.81. The molecule has 0 aromatic rings. The molecule has 0 saturated carbocycles. The molecule has 0 spiro atoms. The van der Waals surface area contributed by atoms with E-state index in [0.29, 0.717) is 12.2 Å². The maximum Gasteiger partial charge on any atom is 0.326 e. The van der Waals surface area contributed by atoms with E-state index < -0.39 is 164 Å². The Balaban J connectivity index is 3.19. The fraction of sp³-hybridized carbons (Fsp3) is 0.683. The maximum atomic E-state index is 14.2. The first-order valence-electron chi connectivity index (χ1n) is 22.8. The molecule has 10 atom stereocenters. The van der Waals surface area contributed by atoms with Crippen LogP contribution in [0.2, 0.25) is 0 Å². The number of likely N-dealkylation sites (tertiary alicyclic amines) is 1. The summed E-state index contributed by atoms with van der Waals surface area (Å²) < 4.78 is 0. The molecule has 0 aromatic carbocycles. The Bertz CT molecular complexity index is 1980. The summed E-state index contributed by atoms with van der Waals surface area (Å²) >= 11 is 1.33. The molecule has 1 heterocycles. The zero-order chi connectivity index (χ0) is 54.8. The summed E-state index contributed by atoms with van der Waals surface area (Å²) in [5.74, 6) is -13.2. The summed E-state index contributed by atoms with van der Waals surface area (Å²) in [6.07, 6.45) is -0.898. The van der Waals surface area contributed by atoms with Gasteiger partial charge in [-0.2, -0.15) is 11.8 Å². The predicted molar refractivity (Wildman–Crippen MR) is 255 cm³/mol. The number of rotatable bonds is 33. The largest absolute Gasteiger partial charge is 0.481 e. The predicted octanol–water partition coefficient (Wildman–Crippen LogP) is -7.89. The lowest BCUT2D eigenvalue weighted by Gasteiger charge is -2.31. The Morgan fingerprint density at radius 3 is 1.85 bits per heavy atom. The van der Waals surface area contributed by atoms with Crippen molar-refractivity contribution in [3.05, 3.63) is 0 Å². The van der Waals surface area contributed by atoms with Crippen molar-refractivity contribution < 1.29 is 78.0 Å². The smallest absolute Gasteiger partial charge is 0.326 e. The third-order valence-corrected chi connectivity index (χ3v) is 11.6. The number of guanidine groups is 1. The minimum Gasteiger partial charge on any atom is -0.481 e. The Morgan fingerprint density at radius 2 is 1.29 bits per heavy atom. The van der Waals surface area contributed by atoms with E-state index in [-0.39, 0.29) is 51.2 Å². The van der Waals surface area contributed by atoms with Crippen molar-refractivity contribution in [3.8, 4) is 0 Å². The van der Waals surface area contributed by atoms with Crippen molar-refractivity contribution in [2.45, 2.75) is 127 Å². The van der Waals surface area contributed by atoms with Gasteiger partial charge in [0.2, 0.25) is 59.1 Å². The minimum absolute atomic E-state index is 0.0102. The van der Waals surface area contributed by atoms with Crippen LogP contribution in [0.3, 0.4) is 0 Å². The van der Waals surface area contributed by atoms with Gasteiger partial charge in [-0.1, -0.05) is 20.3 Å². The van der Waals surface area contributed by atoms with Crippen LogP contribution in [0.15, 0.2) is 4.99 Å². The normalized spacial score (nSPS) is 16.8. The van der Waals surface area contributed by atoms with Gasteiger partial charge in [-0.25, -0.2) is 4.79 Å². The Hall–Kier alpha value is -6.86. The molecule has 10 amide bonds. The fourth-order valence-corrected chi connectivity index (χ4v) is 7.29. The first kappa shape index (κ1) is 63.2. The van der Waals surface area contributed by atoms with Crippen LogP contribution in [-0.4, -0.2) is 202 Å². The van der Waals surface area contributed by atoms with Gasteiger partial charge in [0, 0.05) is 13.1 Å². The monoisotopic (exact) mass is 1050 g/mol. The molecule has 0 aliphatic carbocycles. The van der Waals surface area contributed by atoms with E-state index in [1.807, 2.05) is 0 Å². The summed E-state index contributed by atoms with van der Waals surface area (Å²) in [5.41, 5.74) is 21.6. The van der Waals surface area contributed by atoms with E-state index in [0.717, 1.165) is 11.8 Å². The first-order valence-corrected chi connectivity index (χ1v) is 24.1. The lowest BCUT2D eigenvalue weighted by molar-refractivity contribution is -0.143. The van der Waals surface area contributed by atoms with Crippen molar-refractivity contribution in [1.82, 2.24) is 47.4 Å². The zero-order valence-corrected chi connectivity index (χ0v) is 41.3. The number of aliphatic hydroxyl groups excluding tert-OH is 2. The number of carboxylic acid groups (broad SMARTS) is 2. The number of carboxylic acids is 2. The van der Waals surface area contributed by atoms with Crippen molar-refractivity contribution in [1.29, 1.82) is 0 Å². The Labute approximate surface area is 418 Å². The number of thioether (sulfide) groups is 1. The lowest BCUT2D eigenvalue weighted by atomic mass is 9.96. The molecule has 1 rings (SSSR count). The number of hydrogen-bond acceptors (Lipinski definition) is 17. The van der Waals surface area contributed by atoms with E-state index in [1.165, 1.54) is 11.8 Å². The average molecular weight is 1050 g/mol. The lowest BCUT2D eigenvalue weighted by Crippen LogP contribution is -2.62. The number of nitrogens with two attached hydrogens (primary N) is 4. The number of aliphatic imine (C=N–C) groups is 1. The van der Waals surface area contributed by atoms with Crippen LogP contribution in [0.1, 0.15) is 72.1 Å². The Morgan fingerprint density at radius 1 is 0.722 bits per heavy atom. The van der Waals surface area contributed by atoms with Crippen molar-refractivity contribution >= 4 is 88.7 Å². The highest BCUT2D eigenvalue weighted by atomic mass is 32.2. The van der Waals surface area contributed by atoms with Gasteiger partial charge in [-0.15, -0.1) is 0 Å². The number of nitrogens with zero attached hydrogens (tertiary/aromatic N) is 2. The standard InChI is InChI=1S/C41H70N14O16S/c1-5-19(2)31(53-35(65)25(15-30(61)62)52-33(63)21(42)18-56)37(67)54-32(20(3)57)38(68)50-22(8-6-11-46-41(44)45)39(69)55-12-7-9-26(55)36(66)48-16-28(59)47-17-29(60)49-24(14-27(43)58)34(64)51-23(40(70)71)10-13-72-4/h19-26,31-32,56-57H,5-18,42H2,1-4H3,(H2,43,58)(H,47,59)(H,48,66)(H,49,60)(H,50,68)(H,51,64)(H,52,63)(H,53,65)(H,54,67)(H,61,62)(H,70,71)(H4,44,45,46)/t19-,20+,21-,22-,23-,24-,25-,26-,31-,32-/m0/s1. The van der Waals surface area contributed by atoms with Gasteiger partial charge in [-0.3, -0.25) is 57.7 Å². The third kappa shape index (κ3) is 22.5. The SMILES string of the molecule is CC[C@H](C)[C@H](NC(=O)[C@H](CC(=O)O)NC(=O)[C@@H](N)CO)C(=O)N[C@H](C(=O)N[C@@H](CCCN=C(N)N)C(=O)N1CCC[C@H]1C(=O)NCC(=O)NCC(=O)N[C@@H](CC(N)=O)C(=O)N[C@@H](CCSC)C(=O)O)[C@@H](C)O. The highest BCUT2D eigenvalue weighted by molar-refractivity contribution is 7.98. The van der Waals surface area contributed by atoms with Gasteiger partial charge in [0.1, 0.15) is 48.3 Å². The molecule has 0 unspecified atom stereocenters. The quantitative estimate of drug-likeness (QED) is 0.0165. The highest BCUT2D eigenvalue weighted by Crippen LogP contribution is 2.20. The number of carbonyl (C=O) groups is 12. The number of primary amides is 1. The molecule has 30 nitrogen and oxygen atoms in total. The van der Waals surface area contributed by atoms with Crippen LogP contribution < -0.4 is 65.5 Å². The number of amides is 10. The summed E-state index contributed by atoms with van der Waals surface area (Å²) in [4.78, 5) is 159. The molecule has 1 aliphatic rings. The van der Waals surface area contributed by atoms with E-state index in [1.54, 1.807) is 20.1 Å². The van der Waals surface area contributed by atoms with E-state index in [4.69, 9.17) is 22.9 Å². The van der Waals surface area contributed by atoms with Crippen LogP contribution >= 0.6 is 11.8 Å². The van der Waals surface area contributed by atoms with Crippen LogP contribution in [0.4, 0.5) is 0 Å². The molecule has 406 valence electrons. The van der Waals surface area contributed by atoms with Gasteiger partial charge in [0.15, 0.2) is 5.96 Å². The number of hydrogen-bond donors (Lipinski definition) is 16. The van der Waals surface area contributed by atoms with E-state index in [9.17, 15) is 78.0 Å². The van der Waals surface area contributed by atoms with Gasteiger partial charge in [0.05, 0.1) is 38.6 Å². The number of carbonyl (C=O) groups excluding carboxylic acids is 10. The van der Waals surface area contributed by atoms with E-state index >= 15 is 0 Å². The molecule has 1 fully saturated rings. The van der Waals surface area contributed by atoms with Gasteiger partial charge >= 0.3 is 11.9 Å². The summed E-state index contributed by atoms with van der Waals surface area (Å²) in [5, 5.41) is 57.1. The summed E-state index contributed by atoms with van der Waals surface area (Å²) in [6, 6.07) is -12.0. The third-order valence-electron chi connectivity index (χ3n) is 11.0. The van der Waals surface area contributed by atoms with Crippen LogP contribution in [0.25, 0.3) is 0 Å². The van der Waals surface area contributed by atoms with Gasteiger partial charge in [-0.05, 0) is 57.0 Å². The number of aliphatic carboxylic acids is 2. The van der Waals surface area contributed by atoms with Gasteiger partial charge in [0.25, 0.3) is 0 Å². The molecule has 0 bridgehead atoms. The molecular formula is C41H70N14O16S. The molecule has 72 heavy (non-hydrogen) atoms. The van der Waals surface area contributed by atoms with Crippen molar-refractivity contribution in [2.75, 3.05) is 44.8 Å². The molecule has 31 heteroatoms. The van der Waals surface area contributed by atoms with Crippen molar-refractivity contribution in [2.24, 2.45) is 33.8 Å². The second-order valence-corrected chi connectivity index (χ2v) is 17.7. The topological polar surface area (TPSA) is 502 Å². The second-order valence-electron chi connectivity index (χ2n) is 16.7.